The standard InChI is InChI=1S/C33H41N3O4S/c1-3-22-35(41(39,40)30-18-12-7-13-19-30)26-32(37)36(25-27-14-8-5-9-15-27)29-20-23-34(24-21-29)33(38)31(4-2)28-16-10-6-11-17-28/h5-19,29,31H,3-4,20-26H2,1-2H3/t31-/m0/s1. The highest BCUT2D eigenvalue weighted by atomic mass is 32.2. The molecule has 0 radical (unpaired) electrons. The van der Waals surface area contributed by atoms with Gasteiger partial charge in [-0.15, -0.1) is 0 Å². The first-order valence-electron chi connectivity index (χ1n) is 14.6. The molecule has 0 saturated carbocycles. The van der Waals surface area contributed by atoms with E-state index in [1.165, 1.54) is 4.31 Å². The van der Waals surface area contributed by atoms with Gasteiger partial charge in [0.15, 0.2) is 0 Å². The Hall–Kier alpha value is -3.49. The molecule has 2 amide bonds. The maximum Gasteiger partial charge on any atom is 0.243 e. The SMILES string of the molecule is CCCN(CC(=O)N(Cc1ccccc1)C1CCN(C(=O)[C@@H](CC)c2ccccc2)CC1)S(=O)(=O)c1ccccc1. The number of carbonyl (C=O) groups is 2. The Bertz CT molecular complexity index is 1360. The molecule has 8 heteroatoms. The highest BCUT2D eigenvalue weighted by molar-refractivity contribution is 7.89. The third-order valence-corrected chi connectivity index (χ3v) is 9.67. The maximum atomic E-state index is 13.9. The van der Waals surface area contributed by atoms with Gasteiger partial charge in [-0.3, -0.25) is 9.59 Å². The first-order valence-corrected chi connectivity index (χ1v) is 16.0. The molecule has 1 aliphatic rings. The Kier molecular flexibility index (Phi) is 10.7. The van der Waals surface area contributed by atoms with Gasteiger partial charge in [0.1, 0.15) is 0 Å². The van der Waals surface area contributed by atoms with E-state index < -0.39 is 10.0 Å². The lowest BCUT2D eigenvalue weighted by Crippen LogP contribution is -2.51. The molecule has 3 aromatic rings. The van der Waals surface area contributed by atoms with E-state index in [0.717, 1.165) is 17.5 Å². The van der Waals surface area contributed by atoms with Gasteiger partial charge in [-0.1, -0.05) is 92.7 Å². The average Bonchev–Trinajstić information content (AvgIpc) is 3.01. The van der Waals surface area contributed by atoms with E-state index in [9.17, 15) is 18.0 Å². The van der Waals surface area contributed by atoms with Gasteiger partial charge >= 0.3 is 0 Å². The second kappa shape index (κ2) is 14.4. The minimum Gasteiger partial charge on any atom is -0.342 e. The number of sulfonamides is 1. The Labute approximate surface area is 244 Å². The van der Waals surface area contributed by atoms with E-state index in [4.69, 9.17) is 0 Å². The van der Waals surface area contributed by atoms with Crippen molar-refractivity contribution >= 4 is 21.8 Å². The molecule has 0 spiro atoms. The molecule has 1 atom stereocenters. The summed E-state index contributed by atoms with van der Waals surface area (Å²) in [6, 6.07) is 27.9. The highest BCUT2D eigenvalue weighted by Gasteiger charge is 2.34. The Morgan fingerprint density at radius 3 is 1.98 bits per heavy atom. The fourth-order valence-electron chi connectivity index (χ4n) is 5.57. The smallest absolute Gasteiger partial charge is 0.243 e. The molecule has 4 rings (SSSR count). The van der Waals surface area contributed by atoms with Crippen LogP contribution in [0.5, 0.6) is 0 Å². The van der Waals surface area contributed by atoms with Crippen LogP contribution in [-0.2, 0) is 26.2 Å². The number of rotatable bonds is 12. The van der Waals surface area contributed by atoms with Crippen LogP contribution in [0.3, 0.4) is 0 Å². The van der Waals surface area contributed by atoms with E-state index in [0.29, 0.717) is 38.9 Å². The van der Waals surface area contributed by atoms with Crippen molar-refractivity contribution in [2.45, 2.75) is 62.9 Å². The van der Waals surface area contributed by atoms with Crippen LogP contribution in [0, 0.1) is 0 Å². The van der Waals surface area contributed by atoms with Gasteiger partial charge in [-0.05, 0) is 48.9 Å². The Balaban J connectivity index is 1.51. The first-order chi connectivity index (χ1) is 19.8. The van der Waals surface area contributed by atoms with Crippen molar-refractivity contribution in [3.8, 4) is 0 Å². The molecule has 1 heterocycles. The summed E-state index contributed by atoms with van der Waals surface area (Å²) < 4.78 is 28.2. The summed E-state index contributed by atoms with van der Waals surface area (Å²) in [4.78, 5) is 31.3. The van der Waals surface area contributed by atoms with Crippen molar-refractivity contribution in [1.82, 2.24) is 14.1 Å². The molecule has 218 valence electrons. The molecule has 7 nitrogen and oxygen atoms in total. The number of benzene rings is 3. The fraction of sp³-hybridized carbons (Fsp3) is 0.394. The lowest BCUT2D eigenvalue weighted by atomic mass is 9.93. The lowest BCUT2D eigenvalue weighted by Gasteiger charge is -2.40. The van der Waals surface area contributed by atoms with Crippen LogP contribution >= 0.6 is 0 Å². The molecule has 0 aliphatic carbocycles. The third-order valence-electron chi connectivity index (χ3n) is 7.81. The number of nitrogens with zero attached hydrogens (tertiary/aromatic N) is 3. The Morgan fingerprint density at radius 2 is 1.41 bits per heavy atom. The monoisotopic (exact) mass is 575 g/mol. The zero-order valence-electron chi connectivity index (χ0n) is 24.1. The molecule has 0 bridgehead atoms. The van der Waals surface area contributed by atoms with Crippen LogP contribution in [0.15, 0.2) is 95.9 Å². The van der Waals surface area contributed by atoms with E-state index in [1.807, 2.05) is 84.3 Å². The van der Waals surface area contributed by atoms with Gasteiger partial charge in [0.25, 0.3) is 0 Å². The second-order valence-electron chi connectivity index (χ2n) is 10.6. The van der Waals surface area contributed by atoms with Gasteiger partial charge in [-0.2, -0.15) is 4.31 Å². The number of hydrogen-bond acceptors (Lipinski definition) is 4. The van der Waals surface area contributed by atoms with Crippen LogP contribution in [0.2, 0.25) is 0 Å². The van der Waals surface area contributed by atoms with Crippen molar-refractivity contribution in [2.24, 2.45) is 0 Å². The van der Waals surface area contributed by atoms with Crippen LogP contribution in [-0.4, -0.2) is 66.6 Å². The zero-order chi connectivity index (χ0) is 29.2. The van der Waals surface area contributed by atoms with Gasteiger partial charge in [0.2, 0.25) is 21.8 Å². The number of hydrogen-bond donors (Lipinski definition) is 0. The normalized spacial score (nSPS) is 15.0. The summed E-state index contributed by atoms with van der Waals surface area (Å²) in [7, 11) is -3.82. The first kappa shape index (κ1) is 30.5. The summed E-state index contributed by atoms with van der Waals surface area (Å²) in [6.07, 6.45) is 2.62. The molecule has 0 aromatic heterocycles. The third kappa shape index (κ3) is 7.63. The summed E-state index contributed by atoms with van der Waals surface area (Å²) >= 11 is 0. The van der Waals surface area contributed by atoms with Crippen LogP contribution in [0.4, 0.5) is 0 Å². The van der Waals surface area contributed by atoms with E-state index >= 15 is 0 Å². The Morgan fingerprint density at radius 1 is 0.854 bits per heavy atom. The number of amides is 2. The molecular formula is C33H41N3O4S. The summed E-state index contributed by atoms with van der Waals surface area (Å²) in [5.41, 5.74) is 2.01. The van der Waals surface area contributed by atoms with Crippen molar-refractivity contribution in [2.75, 3.05) is 26.2 Å². The van der Waals surface area contributed by atoms with E-state index in [-0.39, 0.29) is 41.8 Å². The van der Waals surface area contributed by atoms with Crippen molar-refractivity contribution < 1.29 is 18.0 Å². The fourth-order valence-corrected chi connectivity index (χ4v) is 7.08. The summed E-state index contributed by atoms with van der Waals surface area (Å²) in [5.74, 6) is -0.274. The van der Waals surface area contributed by atoms with Gasteiger partial charge < -0.3 is 9.80 Å². The number of likely N-dealkylation sites (tertiary alicyclic amines) is 1. The molecule has 1 fully saturated rings. The molecule has 1 aliphatic heterocycles. The van der Waals surface area contributed by atoms with Gasteiger partial charge in [-0.25, -0.2) is 8.42 Å². The second-order valence-corrected chi connectivity index (χ2v) is 12.5. The minimum absolute atomic E-state index is 0.0912. The largest absolute Gasteiger partial charge is 0.342 e. The van der Waals surface area contributed by atoms with Crippen molar-refractivity contribution in [3.63, 3.8) is 0 Å². The molecule has 0 N–H and O–H groups in total. The number of carbonyl (C=O) groups excluding carboxylic acids is 2. The molecule has 1 saturated heterocycles. The van der Waals surface area contributed by atoms with Gasteiger partial charge in [0.05, 0.1) is 17.4 Å². The number of piperidine rings is 1. The van der Waals surface area contributed by atoms with Crippen LogP contribution in [0.1, 0.15) is 56.6 Å². The highest BCUT2D eigenvalue weighted by Crippen LogP contribution is 2.26. The minimum atomic E-state index is -3.82. The predicted octanol–water partition coefficient (Wildman–Crippen LogP) is 5.30. The predicted molar refractivity (Wildman–Crippen MR) is 162 cm³/mol. The maximum absolute atomic E-state index is 13.9. The van der Waals surface area contributed by atoms with Crippen molar-refractivity contribution in [1.29, 1.82) is 0 Å². The zero-order valence-corrected chi connectivity index (χ0v) is 24.9. The van der Waals surface area contributed by atoms with Crippen LogP contribution < -0.4 is 0 Å². The molecule has 0 unspecified atom stereocenters. The lowest BCUT2D eigenvalue weighted by molar-refractivity contribution is -0.138. The molecular weight excluding hydrogens is 534 g/mol. The van der Waals surface area contributed by atoms with Crippen molar-refractivity contribution in [3.05, 3.63) is 102 Å². The quantitative estimate of drug-likeness (QED) is 0.294. The molecule has 3 aromatic carbocycles. The summed E-state index contributed by atoms with van der Waals surface area (Å²) in [5, 5.41) is 0. The van der Waals surface area contributed by atoms with Gasteiger partial charge in [0, 0.05) is 32.2 Å². The van der Waals surface area contributed by atoms with Crippen LogP contribution in [0.25, 0.3) is 0 Å². The summed E-state index contributed by atoms with van der Waals surface area (Å²) in [6.45, 7) is 5.50. The van der Waals surface area contributed by atoms with E-state index in [1.54, 1.807) is 30.3 Å². The van der Waals surface area contributed by atoms with E-state index in [2.05, 4.69) is 0 Å². The molecule has 41 heavy (non-hydrogen) atoms. The topological polar surface area (TPSA) is 78.0 Å². The average molecular weight is 576 g/mol.